The molecule has 0 spiro atoms. The molecule has 5 nitrogen and oxygen atoms in total. The molecule has 0 radical (unpaired) electrons. The van der Waals surface area contributed by atoms with E-state index in [1.165, 1.54) is 0 Å². The molecule has 0 amide bonds. The summed E-state index contributed by atoms with van der Waals surface area (Å²) in [6.07, 6.45) is 2.22. The molecule has 156 valence electrons. The van der Waals surface area contributed by atoms with E-state index in [4.69, 9.17) is 10.3 Å². The Morgan fingerprint density at radius 3 is 2.60 bits per heavy atom. The quantitative estimate of drug-likeness (QED) is 0.471. The van der Waals surface area contributed by atoms with Crippen molar-refractivity contribution in [1.29, 1.82) is 0 Å². The number of likely N-dealkylation sites (tertiary alicyclic amines) is 1. The van der Waals surface area contributed by atoms with Crippen molar-refractivity contribution in [2.24, 2.45) is 16.6 Å². The molecular weight excluding hydrogens is 379 g/mol. The van der Waals surface area contributed by atoms with Crippen molar-refractivity contribution in [2.75, 3.05) is 13.1 Å². The van der Waals surface area contributed by atoms with E-state index in [1.807, 2.05) is 49.4 Å². The number of guanidine groups is 1. The fraction of sp³-hybridized carbons (Fsp3) is 0.333. The van der Waals surface area contributed by atoms with Crippen LogP contribution in [0.2, 0.25) is 0 Å². The molecule has 2 N–H and O–H groups in total. The molecule has 6 heteroatoms. The lowest BCUT2D eigenvalue weighted by atomic mass is 9.95. The highest BCUT2D eigenvalue weighted by atomic mass is 19.1. The summed E-state index contributed by atoms with van der Waals surface area (Å²) in [4.78, 5) is 6.47. The van der Waals surface area contributed by atoms with Crippen molar-refractivity contribution in [3.8, 4) is 11.1 Å². The second kappa shape index (κ2) is 8.69. The monoisotopic (exact) mass is 406 g/mol. The van der Waals surface area contributed by atoms with E-state index in [1.54, 1.807) is 12.1 Å². The van der Waals surface area contributed by atoms with Gasteiger partial charge in [0.1, 0.15) is 5.82 Å². The third-order valence-electron chi connectivity index (χ3n) is 5.87. The Balaban J connectivity index is 1.49. The minimum absolute atomic E-state index is 0.130. The molecule has 3 aromatic rings. The number of halogens is 1. The van der Waals surface area contributed by atoms with Gasteiger partial charge in [-0.05, 0) is 36.0 Å². The number of hydrogen-bond acceptors (Lipinski definition) is 3. The third kappa shape index (κ3) is 4.37. The summed E-state index contributed by atoms with van der Waals surface area (Å²) < 4.78 is 20.1. The van der Waals surface area contributed by atoms with E-state index >= 15 is 0 Å². The Kier molecular flexibility index (Phi) is 5.84. The zero-order valence-electron chi connectivity index (χ0n) is 17.4. The molecule has 1 atom stereocenters. The standard InChI is InChI=1S/C24H27FN4O/c1-16-10-12-29(13-11-16)24(26)27-23-15-22(28-30-23)17(2)19-8-9-20(21(25)14-19)18-6-4-3-5-7-18/h3-9,14-17H,10-13H2,1-2H3,(H2,26,27). The van der Waals surface area contributed by atoms with Gasteiger partial charge in [0, 0.05) is 30.6 Å². The molecule has 1 saturated heterocycles. The van der Waals surface area contributed by atoms with Crippen LogP contribution >= 0.6 is 0 Å². The summed E-state index contributed by atoms with van der Waals surface area (Å²) in [6, 6.07) is 16.6. The van der Waals surface area contributed by atoms with Gasteiger partial charge in [-0.2, -0.15) is 4.99 Å². The largest absolute Gasteiger partial charge is 0.369 e. The summed E-state index contributed by atoms with van der Waals surface area (Å²) in [5.41, 5.74) is 9.12. The van der Waals surface area contributed by atoms with Crippen LogP contribution in [-0.4, -0.2) is 29.1 Å². The first-order valence-corrected chi connectivity index (χ1v) is 10.4. The van der Waals surface area contributed by atoms with E-state index in [0.29, 0.717) is 23.1 Å². The number of hydrogen-bond donors (Lipinski definition) is 1. The first-order chi connectivity index (χ1) is 14.5. The van der Waals surface area contributed by atoms with E-state index in [0.717, 1.165) is 43.0 Å². The maximum atomic E-state index is 14.7. The number of piperidine rings is 1. The summed E-state index contributed by atoms with van der Waals surface area (Å²) in [6.45, 7) is 6.03. The molecule has 2 aromatic carbocycles. The number of benzene rings is 2. The number of aliphatic imine (C=N–C) groups is 1. The predicted octanol–water partition coefficient (Wildman–Crippen LogP) is 5.31. The zero-order valence-corrected chi connectivity index (χ0v) is 17.4. The van der Waals surface area contributed by atoms with Crippen LogP contribution in [0.25, 0.3) is 11.1 Å². The van der Waals surface area contributed by atoms with Gasteiger partial charge in [-0.25, -0.2) is 4.39 Å². The highest BCUT2D eigenvalue weighted by Crippen LogP contribution is 2.30. The first-order valence-electron chi connectivity index (χ1n) is 10.4. The minimum atomic E-state index is -0.254. The smallest absolute Gasteiger partial charge is 0.253 e. The molecule has 2 heterocycles. The zero-order chi connectivity index (χ0) is 21.1. The molecule has 1 fully saturated rings. The van der Waals surface area contributed by atoms with Gasteiger partial charge in [0.2, 0.25) is 0 Å². The molecule has 0 aliphatic carbocycles. The van der Waals surface area contributed by atoms with E-state index in [2.05, 4.69) is 22.0 Å². The molecule has 1 aliphatic heterocycles. The number of rotatable bonds is 4. The summed E-state index contributed by atoms with van der Waals surface area (Å²) in [7, 11) is 0. The highest BCUT2D eigenvalue weighted by Gasteiger charge is 2.19. The van der Waals surface area contributed by atoms with Gasteiger partial charge in [0.25, 0.3) is 5.88 Å². The van der Waals surface area contributed by atoms with Gasteiger partial charge in [0.05, 0.1) is 5.69 Å². The predicted molar refractivity (Wildman–Crippen MR) is 117 cm³/mol. The van der Waals surface area contributed by atoms with Crippen molar-refractivity contribution in [2.45, 2.75) is 32.6 Å². The molecular formula is C24H27FN4O. The number of nitrogens with zero attached hydrogens (tertiary/aromatic N) is 3. The maximum Gasteiger partial charge on any atom is 0.253 e. The third-order valence-corrected chi connectivity index (χ3v) is 5.87. The van der Waals surface area contributed by atoms with Crippen molar-refractivity contribution >= 4 is 11.8 Å². The second-order valence-corrected chi connectivity index (χ2v) is 8.06. The molecule has 4 rings (SSSR count). The molecule has 30 heavy (non-hydrogen) atoms. The van der Waals surface area contributed by atoms with Crippen LogP contribution in [0.5, 0.6) is 0 Å². The average Bonchev–Trinajstić information content (AvgIpc) is 3.22. The first kappa shape index (κ1) is 20.1. The summed E-state index contributed by atoms with van der Waals surface area (Å²) >= 11 is 0. The van der Waals surface area contributed by atoms with Gasteiger partial charge in [-0.3, -0.25) is 0 Å². The normalized spacial score (nSPS) is 16.6. The highest BCUT2D eigenvalue weighted by molar-refractivity contribution is 5.80. The summed E-state index contributed by atoms with van der Waals surface area (Å²) in [5, 5.41) is 4.13. The Labute approximate surface area is 176 Å². The molecule has 1 aliphatic rings. The van der Waals surface area contributed by atoms with Crippen LogP contribution in [-0.2, 0) is 0 Å². The van der Waals surface area contributed by atoms with Crippen LogP contribution < -0.4 is 5.73 Å². The minimum Gasteiger partial charge on any atom is -0.369 e. The Morgan fingerprint density at radius 1 is 1.17 bits per heavy atom. The lowest BCUT2D eigenvalue weighted by Gasteiger charge is -2.30. The fourth-order valence-electron chi connectivity index (χ4n) is 3.78. The van der Waals surface area contributed by atoms with Gasteiger partial charge in [-0.1, -0.05) is 61.5 Å². The van der Waals surface area contributed by atoms with Crippen molar-refractivity contribution in [1.82, 2.24) is 10.1 Å². The average molecular weight is 407 g/mol. The van der Waals surface area contributed by atoms with E-state index in [-0.39, 0.29) is 11.7 Å². The second-order valence-electron chi connectivity index (χ2n) is 8.06. The van der Waals surface area contributed by atoms with Crippen molar-refractivity contribution in [3.63, 3.8) is 0 Å². The van der Waals surface area contributed by atoms with Crippen LogP contribution in [0.15, 0.2) is 64.1 Å². The number of nitrogens with two attached hydrogens (primary N) is 1. The molecule has 0 saturated carbocycles. The van der Waals surface area contributed by atoms with Crippen molar-refractivity contribution < 1.29 is 8.91 Å². The van der Waals surface area contributed by atoms with Crippen LogP contribution in [0.3, 0.4) is 0 Å². The topological polar surface area (TPSA) is 67.7 Å². The summed E-state index contributed by atoms with van der Waals surface area (Å²) in [5.74, 6) is 1.16. The van der Waals surface area contributed by atoms with Crippen LogP contribution in [0.1, 0.15) is 43.9 Å². The molecule has 0 bridgehead atoms. The van der Waals surface area contributed by atoms with Crippen LogP contribution in [0, 0.1) is 11.7 Å². The van der Waals surface area contributed by atoms with Gasteiger partial charge in [-0.15, -0.1) is 0 Å². The fourth-order valence-corrected chi connectivity index (χ4v) is 3.78. The van der Waals surface area contributed by atoms with E-state index in [9.17, 15) is 4.39 Å². The van der Waals surface area contributed by atoms with Crippen molar-refractivity contribution in [3.05, 3.63) is 71.7 Å². The Bertz CT molecular complexity index is 1020. The molecule has 1 unspecified atom stereocenters. The van der Waals surface area contributed by atoms with E-state index < -0.39 is 0 Å². The lowest BCUT2D eigenvalue weighted by Crippen LogP contribution is -2.42. The van der Waals surface area contributed by atoms with Gasteiger partial charge >= 0.3 is 0 Å². The number of aromatic nitrogens is 1. The Hall–Kier alpha value is -3.15. The van der Waals surface area contributed by atoms with Crippen LogP contribution in [0.4, 0.5) is 10.3 Å². The molecule has 1 aromatic heterocycles. The SMILES string of the molecule is CC1CCN(C(N)=Nc2cc(C(C)c3ccc(-c4ccccc4)c(F)c3)no2)CC1. The lowest BCUT2D eigenvalue weighted by molar-refractivity contribution is 0.278. The Morgan fingerprint density at radius 2 is 1.90 bits per heavy atom. The van der Waals surface area contributed by atoms with Gasteiger partial charge < -0.3 is 15.2 Å². The van der Waals surface area contributed by atoms with Gasteiger partial charge in [0.15, 0.2) is 5.96 Å². The maximum absolute atomic E-state index is 14.7.